The Kier molecular flexibility index (Phi) is 5.56. The molecule has 0 unspecified atom stereocenters. The minimum absolute atomic E-state index is 0.942. The summed E-state index contributed by atoms with van der Waals surface area (Å²) in [5.41, 5.74) is 3.92. The number of hydrogen-bond donors (Lipinski definition) is 1. The van der Waals surface area contributed by atoms with Crippen molar-refractivity contribution in [2.75, 3.05) is 25.0 Å². The number of nitrogens with zero attached hydrogens (tertiary/aromatic N) is 2. The molecule has 0 aliphatic heterocycles. The summed E-state index contributed by atoms with van der Waals surface area (Å²) < 4.78 is 0. The largest absolute Gasteiger partial charge is 0.374 e. The average Bonchev–Trinajstić information content (AvgIpc) is 2.52. The predicted octanol–water partition coefficient (Wildman–Crippen LogP) is 2.87. The number of nitrogens with one attached hydrogen (secondary N) is 1. The monoisotopic (exact) mass is 269 g/mol. The van der Waals surface area contributed by atoms with Gasteiger partial charge in [0.1, 0.15) is 0 Å². The third kappa shape index (κ3) is 4.35. The summed E-state index contributed by atoms with van der Waals surface area (Å²) in [5.74, 6) is 0. The number of rotatable bonds is 7. The van der Waals surface area contributed by atoms with Crippen molar-refractivity contribution in [1.82, 2.24) is 10.3 Å². The van der Waals surface area contributed by atoms with Gasteiger partial charge in [-0.3, -0.25) is 4.98 Å². The Morgan fingerprint density at radius 3 is 2.35 bits per heavy atom. The van der Waals surface area contributed by atoms with Gasteiger partial charge in [0.05, 0.1) is 0 Å². The summed E-state index contributed by atoms with van der Waals surface area (Å²) in [7, 11) is 2.14. The molecule has 0 saturated heterocycles. The fraction of sp³-hybridized carbons (Fsp3) is 0.353. The van der Waals surface area contributed by atoms with E-state index in [1.54, 1.807) is 0 Å². The fourth-order valence-electron chi connectivity index (χ4n) is 2.11. The van der Waals surface area contributed by atoms with Crippen molar-refractivity contribution < 1.29 is 0 Å². The van der Waals surface area contributed by atoms with Gasteiger partial charge in [0, 0.05) is 38.2 Å². The first-order chi connectivity index (χ1) is 9.79. The van der Waals surface area contributed by atoms with Crippen LogP contribution >= 0.6 is 0 Å². The number of anilines is 1. The molecule has 1 heterocycles. The van der Waals surface area contributed by atoms with Crippen molar-refractivity contribution in [2.45, 2.75) is 19.9 Å². The average molecular weight is 269 g/mol. The van der Waals surface area contributed by atoms with Gasteiger partial charge in [-0.25, -0.2) is 0 Å². The Morgan fingerprint density at radius 1 is 1.00 bits per heavy atom. The summed E-state index contributed by atoms with van der Waals surface area (Å²) in [6.07, 6.45) is 4.74. The van der Waals surface area contributed by atoms with Crippen molar-refractivity contribution in [3.63, 3.8) is 0 Å². The second-order valence-corrected chi connectivity index (χ2v) is 4.97. The lowest BCUT2D eigenvalue weighted by molar-refractivity contribution is 0.726. The van der Waals surface area contributed by atoms with Crippen molar-refractivity contribution in [2.24, 2.45) is 0 Å². The minimum atomic E-state index is 0.942. The zero-order valence-electron chi connectivity index (χ0n) is 12.3. The SMILES string of the molecule is CCNCc1ccc(N(C)CCc2ccncc2)cc1. The van der Waals surface area contributed by atoms with Crippen molar-refractivity contribution >= 4 is 5.69 Å². The van der Waals surface area contributed by atoms with Crippen LogP contribution in [0.3, 0.4) is 0 Å². The number of pyridine rings is 1. The molecule has 0 atom stereocenters. The van der Waals surface area contributed by atoms with Gasteiger partial charge in [0.15, 0.2) is 0 Å². The molecule has 0 radical (unpaired) electrons. The first-order valence-electron chi connectivity index (χ1n) is 7.19. The van der Waals surface area contributed by atoms with Crippen LogP contribution in [0.4, 0.5) is 5.69 Å². The molecule has 0 aliphatic carbocycles. The molecule has 2 rings (SSSR count). The van der Waals surface area contributed by atoms with Gasteiger partial charge in [-0.05, 0) is 48.4 Å². The van der Waals surface area contributed by atoms with E-state index in [1.165, 1.54) is 16.8 Å². The lowest BCUT2D eigenvalue weighted by atomic mass is 10.1. The van der Waals surface area contributed by atoms with Crippen LogP contribution in [0.25, 0.3) is 0 Å². The van der Waals surface area contributed by atoms with Crippen molar-refractivity contribution in [3.05, 3.63) is 59.9 Å². The van der Waals surface area contributed by atoms with E-state index in [4.69, 9.17) is 0 Å². The van der Waals surface area contributed by atoms with E-state index in [0.29, 0.717) is 0 Å². The Morgan fingerprint density at radius 2 is 1.70 bits per heavy atom. The third-order valence-electron chi connectivity index (χ3n) is 3.44. The molecular weight excluding hydrogens is 246 g/mol. The highest BCUT2D eigenvalue weighted by molar-refractivity contribution is 5.47. The topological polar surface area (TPSA) is 28.2 Å². The highest BCUT2D eigenvalue weighted by atomic mass is 15.1. The van der Waals surface area contributed by atoms with E-state index in [9.17, 15) is 0 Å². The van der Waals surface area contributed by atoms with Crippen LogP contribution in [0.1, 0.15) is 18.1 Å². The number of likely N-dealkylation sites (N-methyl/N-ethyl adjacent to an activating group) is 1. The van der Waals surface area contributed by atoms with Gasteiger partial charge in [-0.15, -0.1) is 0 Å². The van der Waals surface area contributed by atoms with Gasteiger partial charge < -0.3 is 10.2 Å². The standard InChI is InChI=1S/C17H23N3/c1-3-18-14-16-4-6-17(7-5-16)20(2)13-10-15-8-11-19-12-9-15/h4-9,11-12,18H,3,10,13-14H2,1-2H3. The van der Waals surface area contributed by atoms with E-state index in [-0.39, 0.29) is 0 Å². The number of benzene rings is 1. The summed E-state index contributed by atoms with van der Waals surface area (Å²) in [6.45, 7) is 5.09. The highest BCUT2D eigenvalue weighted by Gasteiger charge is 2.01. The second kappa shape index (κ2) is 7.65. The van der Waals surface area contributed by atoms with Crippen LogP contribution in [-0.2, 0) is 13.0 Å². The summed E-state index contributed by atoms with van der Waals surface area (Å²) in [4.78, 5) is 6.33. The predicted molar refractivity (Wildman–Crippen MR) is 85.0 cm³/mol. The van der Waals surface area contributed by atoms with Crippen molar-refractivity contribution in [1.29, 1.82) is 0 Å². The molecule has 1 aromatic heterocycles. The molecule has 3 heteroatoms. The molecule has 1 N–H and O–H groups in total. The van der Waals surface area contributed by atoms with Gasteiger partial charge in [0.2, 0.25) is 0 Å². The van der Waals surface area contributed by atoms with Crippen LogP contribution in [0.2, 0.25) is 0 Å². The van der Waals surface area contributed by atoms with E-state index >= 15 is 0 Å². The summed E-state index contributed by atoms with van der Waals surface area (Å²) >= 11 is 0. The Labute approximate surface area is 121 Å². The van der Waals surface area contributed by atoms with Gasteiger partial charge >= 0.3 is 0 Å². The third-order valence-corrected chi connectivity index (χ3v) is 3.44. The molecule has 20 heavy (non-hydrogen) atoms. The Bertz CT molecular complexity index is 493. The maximum atomic E-state index is 4.05. The highest BCUT2D eigenvalue weighted by Crippen LogP contribution is 2.14. The molecule has 0 saturated carbocycles. The molecule has 0 fully saturated rings. The van der Waals surface area contributed by atoms with Crippen LogP contribution in [0.5, 0.6) is 0 Å². The molecule has 0 bridgehead atoms. The van der Waals surface area contributed by atoms with E-state index in [0.717, 1.165) is 26.1 Å². The van der Waals surface area contributed by atoms with E-state index in [2.05, 4.69) is 65.6 Å². The van der Waals surface area contributed by atoms with E-state index in [1.807, 2.05) is 12.4 Å². The summed E-state index contributed by atoms with van der Waals surface area (Å²) in [6, 6.07) is 12.9. The first-order valence-corrected chi connectivity index (χ1v) is 7.19. The quantitative estimate of drug-likeness (QED) is 0.837. The van der Waals surface area contributed by atoms with Crippen LogP contribution in [0, 0.1) is 0 Å². The lowest BCUT2D eigenvalue weighted by Gasteiger charge is -2.19. The molecule has 1 aromatic carbocycles. The second-order valence-electron chi connectivity index (χ2n) is 4.97. The fourth-order valence-corrected chi connectivity index (χ4v) is 2.11. The molecule has 3 nitrogen and oxygen atoms in total. The smallest absolute Gasteiger partial charge is 0.0363 e. The normalized spacial score (nSPS) is 10.5. The summed E-state index contributed by atoms with van der Waals surface area (Å²) in [5, 5.41) is 3.34. The van der Waals surface area contributed by atoms with Crippen LogP contribution in [0.15, 0.2) is 48.8 Å². The van der Waals surface area contributed by atoms with E-state index < -0.39 is 0 Å². The number of aromatic nitrogens is 1. The van der Waals surface area contributed by atoms with Crippen molar-refractivity contribution in [3.8, 4) is 0 Å². The lowest BCUT2D eigenvalue weighted by Crippen LogP contribution is -2.20. The Hall–Kier alpha value is -1.87. The van der Waals surface area contributed by atoms with Crippen LogP contribution in [-0.4, -0.2) is 25.1 Å². The molecule has 0 amide bonds. The molecule has 0 aliphatic rings. The molecule has 2 aromatic rings. The maximum Gasteiger partial charge on any atom is 0.0363 e. The molecular formula is C17H23N3. The van der Waals surface area contributed by atoms with Gasteiger partial charge in [-0.1, -0.05) is 19.1 Å². The zero-order valence-corrected chi connectivity index (χ0v) is 12.3. The zero-order chi connectivity index (χ0) is 14.2. The van der Waals surface area contributed by atoms with Gasteiger partial charge in [-0.2, -0.15) is 0 Å². The minimum Gasteiger partial charge on any atom is -0.374 e. The maximum absolute atomic E-state index is 4.05. The molecule has 0 spiro atoms. The number of hydrogen-bond acceptors (Lipinski definition) is 3. The first kappa shape index (κ1) is 14.5. The Balaban J connectivity index is 1.87. The van der Waals surface area contributed by atoms with Crippen LogP contribution < -0.4 is 10.2 Å². The van der Waals surface area contributed by atoms with Gasteiger partial charge in [0.25, 0.3) is 0 Å². The molecule has 106 valence electrons.